The van der Waals surface area contributed by atoms with Gasteiger partial charge in [0.25, 0.3) is 0 Å². The Hall–Kier alpha value is -3.95. The van der Waals surface area contributed by atoms with Crippen molar-refractivity contribution in [3.63, 3.8) is 0 Å². The van der Waals surface area contributed by atoms with Gasteiger partial charge in [-0.2, -0.15) is 13.2 Å². The third-order valence-electron chi connectivity index (χ3n) is 9.64. The molecule has 0 bridgehead atoms. The summed E-state index contributed by atoms with van der Waals surface area (Å²) in [7, 11) is 8.39. The molecule has 0 aliphatic carbocycles. The molecule has 0 spiro atoms. The lowest BCUT2D eigenvalue weighted by Gasteiger charge is -2.37. The Bertz CT molecular complexity index is 1950. The molecule has 0 N–H and O–H groups in total. The molecule has 0 saturated heterocycles. The van der Waals surface area contributed by atoms with Crippen LogP contribution in [-0.2, 0) is 18.6 Å². The maximum atomic E-state index is 13.9. The van der Waals surface area contributed by atoms with Crippen LogP contribution in [0.2, 0.25) is 0 Å². The standard InChI is InChI=1S/C39H44F3N5S/c1-25-20-28(39(40,41)42)22-29(21-25)48-34-26(14-16-32-37(2,3)30-12-10-18-45(6)35(30)43-32)23-47(8,9)24-27(34)15-17-33-38(4,5)31-13-11-19-46(7)36(31)44-33/h10-22H,23-24H2,1-9H3/q+2. The van der Waals surface area contributed by atoms with E-state index in [1.807, 2.05) is 54.2 Å². The summed E-state index contributed by atoms with van der Waals surface area (Å²) in [5.41, 5.74) is 5.72. The van der Waals surface area contributed by atoms with E-state index >= 15 is 0 Å². The monoisotopic (exact) mass is 671 g/mol. The van der Waals surface area contributed by atoms with Crippen LogP contribution in [0.15, 0.2) is 121 Å². The first-order chi connectivity index (χ1) is 22.4. The topological polar surface area (TPSA) is 31.8 Å². The predicted octanol–water partition coefficient (Wildman–Crippen LogP) is 8.53. The number of allylic oxidation sites excluding steroid dienone is 6. The van der Waals surface area contributed by atoms with Crippen LogP contribution in [-0.4, -0.2) is 55.2 Å². The Balaban J connectivity index is 1.48. The molecule has 0 unspecified atom stereocenters. The molecule has 48 heavy (non-hydrogen) atoms. The summed E-state index contributed by atoms with van der Waals surface area (Å²) in [6.07, 6.45) is 12.2. The maximum absolute atomic E-state index is 13.9. The van der Waals surface area contributed by atoms with Gasteiger partial charge >= 0.3 is 12.0 Å². The van der Waals surface area contributed by atoms with Crippen LogP contribution >= 0.6 is 11.8 Å². The third kappa shape index (κ3) is 6.30. The summed E-state index contributed by atoms with van der Waals surface area (Å²) >= 11 is 1.41. The number of halogens is 3. The summed E-state index contributed by atoms with van der Waals surface area (Å²) < 4.78 is 44.5. The number of alkyl halides is 3. The maximum Gasteiger partial charge on any atom is 0.416 e. The number of aromatic nitrogens is 1. The number of rotatable bonds is 5. The van der Waals surface area contributed by atoms with Crippen molar-refractivity contribution in [2.75, 3.05) is 34.2 Å². The van der Waals surface area contributed by atoms with E-state index in [9.17, 15) is 13.2 Å². The molecule has 4 aliphatic heterocycles. The minimum atomic E-state index is -4.43. The lowest BCUT2D eigenvalue weighted by molar-refractivity contribution is -0.881. The van der Waals surface area contributed by atoms with Gasteiger partial charge in [-0.3, -0.25) is 0 Å². The predicted molar refractivity (Wildman–Crippen MR) is 190 cm³/mol. The zero-order valence-corrected chi connectivity index (χ0v) is 30.0. The smallest absolute Gasteiger partial charge is 0.336 e. The molecule has 2 aromatic rings. The van der Waals surface area contributed by atoms with Gasteiger partial charge in [0.2, 0.25) is 0 Å². The number of amidine groups is 1. The summed E-state index contributed by atoms with van der Waals surface area (Å²) in [6, 6.07) is 8.48. The number of hydrogen-bond acceptors (Lipinski definition) is 4. The molecule has 6 rings (SSSR count). The second-order valence-electron chi connectivity index (χ2n) is 14.9. The molecule has 0 amide bonds. The first kappa shape index (κ1) is 33.9. The summed E-state index contributed by atoms with van der Waals surface area (Å²) in [5, 5.41) is 0. The molecule has 0 radical (unpaired) electrons. The Labute approximate surface area is 286 Å². The van der Waals surface area contributed by atoms with Crippen LogP contribution in [0.3, 0.4) is 0 Å². The van der Waals surface area contributed by atoms with Gasteiger partial charge in [0.05, 0.1) is 49.6 Å². The van der Waals surface area contributed by atoms with Crippen molar-refractivity contribution in [2.24, 2.45) is 22.4 Å². The van der Waals surface area contributed by atoms with Gasteiger partial charge in [-0.25, -0.2) is 9.56 Å². The Morgan fingerprint density at radius 3 is 2.44 bits per heavy atom. The van der Waals surface area contributed by atoms with Crippen LogP contribution in [0.5, 0.6) is 0 Å². The summed E-state index contributed by atoms with van der Waals surface area (Å²) in [5.74, 6) is 1.88. The highest BCUT2D eigenvalue weighted by atomic mass is 32.2. The lowest BCUT2D eigenvalue weighted by atomic mass is 9.81. The molecule has 0 atom stereocenters. The van der Waals surface area contributed by atoms with Crippen LogP contribution in [0.1, 0.15) is 44.4 Å². The van der Waals surface area contributed by atoms with Crippen molar-refractivity contribution in [1.82, 2.24) is 4.90 Å². The zero-order chi connectivity index (χ0) is 34.8. The molecule has 5 nitrogen and oxygen atoms in total. The van der Waals surface area contributed by atoms with Crippen molar-refractivity contribution in [2.45, 2.75) is 51.1 Å². The number of fused-ring (bicyclic) bond motifs is 2. The molecule has 250 valence electrons. The van der Waals surface area contributed by atoms with Crippen molar-refractivity contribution >= 4 is 29.1 Å². The minimum Gasteiger partial charge on any atom is -0.336 e. The van der Waals surface area contributed by atoms with E-state index in [1.165, 1.54) is 35.0 Å². The van der Waals surface area contributed by atoms with Crippen molar-refractivity contribution < 1.29 is 22.2 Å². The molecule has 4 aliphatic rings. The Morgan fingerprint density at radius 1 is 1.00 bits per heavy atom. The van der Waals surface area contributed by atoms with Crippen molar-refractivity contribution in [3.05, 3.63) is 123 Å². The second kappa shape index (κ2) is 11.9. The highest BCUT2D eigenvalue weighted by Gasteiger charge is 2.42. The van der Waals surface area contributed by atoms with Crippen molar-refractivity contribution in [1.29, 1.82) is 0 Å². The molecular formula is C39H44F3N5S+2. The molecular weight excluding hydrogens is 628 g/mol. The molecule has 9 heteroatoms. The van der Waals surface area contributed by atoms with Gasteiger partial charge in [0.15, 0.2) is 5.71 Å². The number of pyridine rings is 1. The van der Waals surface area contributed by atoms with Gasteiger partial charge in [-0.05, 0) is 86.0 Å². The van der Waals surface area contributed by atoms with Crippen LogP contribution in [0.4, 0.5) is 19.0 Å². The van der Waals surface area contributed by atoms with E-state index < -0.39 is 11.7 Å². The highest BCUT2D eigenvalue weighted by Crippen LogP contribution is 2.46. The number of aliphatic imine (C=N–C) groups is 2. The average molecular weight is 672 g/mol. The molecule has 0 saturated carbocycles. The van der Waals surface area contributed by atoms with Gasteiger partial charge in [0.1, 0.15) is 18.9 Å². The van der Waals surface area contributed by atoms with Gasteiger partial charge in [-0.15, -0.1) is 0 Å². The van der Waals surface area contributed by atoms with E-state index in [-0.39, 0.29) is 10.8 Å². The fraction of sp³-hybridized carbons (Fsp3) is 0.359. The number of quaternary nitrogens is 1. The largest absolute Gasteiger partial charge is 0.416 e. The van der Waals surface area contributed by atoms with E-state index in [0.717, 1.165) is 52.2 Å². The van der Waals surface area contributed by atoms with Crippen LogP contribution in [0, 0.1) is 12.3 Å². The Morgan fingerprint density at radius 2 is 1.75 bits per heavy atom. The second-order valence-corrected chi connectivity index (χ2v) is 16.0. The number of nitrogens with zero attached hydrogens (tertiary/aromatic N) is 5. The average Bonchev–Trinajstić information content (AvgIpc) is 3.40. The lowest BCUT2D eigenvalue weighted by Crippen LogP contribution is -2.45. The van der Waals surface area contributed by atoms with Gasteiger partial charge in [-0.1, -0.05) is 37.8 Å². The summed E-state index contributed by atoms with van der Waals surface area (Å²) in [6.45, 7) is 11.9. The molecule has 0 fully saturated rings. The number of hydrogen-bond donors (Lipinski definition) is 0. The third-order valence-corrected chi connectivity index (χ3v) is 10.8. The first-order valence-electron chi connectivity index (χ1n) is 16.2. The summed E-state index contributed by atoms with van der Waals surface area (Å²) in [4.78, 5) is 13.6. The quantitative estimate of drug-likeness (QED) is 0.236. The Kier molecular flexibility index (Phi) is 8.40. The molecule has 1 aromatic carbocycles. The van der Waals surface area contributed by atoms with E-state index in [0.29, 0.717) is 14.9 Å². The van der Waals surface area contributed by atoms with Crippen LogP contribution < -0.4 is 4.57 Å². The zero-order valence-electron chi connectivity index (χ0n) is 29.2. The molecule has 5 heterocycles. The normalized spacial score (nSPS) is 22.8. The molecule has 1 aromatic heterocycles. The SMILES string of the molecule is Cc1cc(SC2=C(/C=C/C3=Nc4c(ccc[n+]4C)C3(C)C)C[N+](C)(C)C/C2=C\C=C2/N=C3C(=CC=CN3C)C2(C)C)cc(C(F)(F)F)c1. The number of benzene rings is 1. The minimum absolute atomic E-state index is 0.292. The van der Waals surface area contributed by atoms with E-state index in [1.54, 1.807) is 6.92 Å². The number of likely N-dealkylation sites (N-methyl/N-ethyl adjacent to an activating group) is 2. The van der Waals surface area contributed by atoms with E-state index in [4.69, 9.17) is 9.98 Å². The fourth-order valence-corrected chi connectivity index (χ4v) is 8.09. The van der Waals surface area contributed by atoms with Gasteiger partial charge in [0, 0.05) is 45.2 Å². The first-order valence-corrected chi connectivity index (χ1v) is 17.0. The van der Waals surface area contributed by atoms with E-state index in [2.05, 4.69) is 78.2 Å². The van der Waals surface area contributed by atoms with Crippen LogP contribution in [0.25, 0.3) is 0 Å². The van der Waals surface area contributed by atoms with Crippen molar-refractivity contribution in [3.8, 4) is 0 Å². The fourth-order valence-electron chi connectivity index (χ4n) is 6.90. The number of aryl methyl sites for hydroxylation is 2. The highest BCUT2D eigenvalue weighted by molar-refractivity contribution is 8.03. The number of thioether (sulfide) groups is 1. The van der Waals surface area contributed by atoms with Gasteiger partial charge < -0.3 is 9.38 Å².